The van der Waals surface area contributed by atoms with Gasteiger partial charge in [-0.05, 0) is 30.9 Å². The predicted molar refractivity (Wildman–Crippen MR) is 90.2 cm³/mol. The maximum Gasteiger partial charge on any atom is 0.221 e. The summed E-state index contributed by atoms with van der Waals surface area (Å²) in [6.07, 6.45) is 1.91. The lowest BCUT2D eigenvalue weighted by molar-refractivity contribution is -0.122. The minimum absolute atomic E-state index is 0.0920. The van der Waals surface area contributed by atoms with E-state index in [4.69, 9.17) is 5.73 Å². The first-order chi connectivity index (χ1) is 12.1. The fraction of sp³-hybridized carbons (Fsp3) is 0.562. The summed E-state index contributed by atoms with van der Waals surface area (Å²) in [5, 5.41) is 2.77. The molecule has 1 saturated heterocycles. The number of amides is 1. The third-order valence-corrected chi connectivity index (χ3v) is 5.61. The van der Waals surface area contributed by atoms with Crippen molar-refractivity contribution in [3.63, 3.8) is 0 Å². The van der Waals surface area contributed by atoms with Gasteiger partial charge in [0.2, 0.25) is 15.9 Å². The molecule has 1 heterocycles. The average molecular weight is 393 g/mol. The van der Waals surface area contributed by atoms with Gasteiger partial charge in [0.1, 0.15) is 5.82 Å². The summed E-state index contributed by atoms with van der Waals surface area (Å²) >= 11 is 0. The second kappa shape index (κ2) is 8.36. The summed E-state index contributed by atoms with van der Waals surface area (Å²) in [7, 11) is -3.23. The van der Waals surface area contributed by atoms with E-state index in [0.717, 1.165) is 12.3 Å². The number of halogens is 3. The Kier molecular flexibility index (Phi) is 6.64. The van der Waals surface area contributed by atoms with Gasteiger partial charge in [-0.1, -0.05) is 0 Å². The molecule has 0 bridgehead atoms. The van der Waals surface area contributed by atoms with Gasteiger partial charge in [-0.15, -0.1) is 0 Å². The molecule has 1 aliphatic heterocycles. The molecule has 0 radical (unpaired) electrons. The minimum Gasteiger partial charge on any atom is -0.353 e. The molecule has 3 N–H and O–H groups in total. The summed E-state index contributed by atoms with van der Waals surface area (Å²) < 4.78 is 64.0. The fourth-order valence-electron chi connectivity index (χ4n) is 2.93. The summed E-state index contributed by atoms with van der Waals surface area (Å²) in [6.45, 7) is 0.659. The topological polar surface area (TPSA) is 92.5 Å². The molecule has 1 amide bonds. The molecule has 0 unspecified atom stereocenters. The number of carbonyl (C=O) groups is 1. The van der Waals surface area contributed by atoms with Gasteiger partial charge in [-0.3, -0.25) is 4.79 Å². The van der Waals surface area contributed by atoms with E-state index in [2.05, 4.69) is 5.32 Å². The zero-order chi connectivity index (χ0) is 19.5. The van der Waals surface area contributed by atoms with Crippen LogP contribution >= 0.6 is 0 Å². The lowest BCUT2D eigenvalue weighted by Crippen LogP contribution is -2.47. The quantitative estimate of drug-likeness (QED) is 0.703. The van der Waals surface area contributed by atoms with E-state index in [9.17, 15) is 26.4 Å². The Labute approximate surface area is 150 Å². The molecule has 1 atom stereocenters. The molecule has 0 aromatic heterocycles. The van der Waals surface area contributed by atoms with Crippen molar-refractivity contribution in [2.24, 2.45) is 5.73 Å². The van der Waals surface area contributed by atoms with E-state index < -0.39 is 33.5 Å². The summed E-state index contributed by atoms with van der Waals surface area (Å²) in [6, 6.07) is 0.272. The standard InChI is InChI=1S/C16H22F3N3O3S/c1-26(24,25)22-4-2-12(3-5-22)21-16(23)8-11(20)6-10-7-14(18)15(19)9-13(10)17/h7,9,11-12H,2-6,8,20H2,1H3,(H,21,23)/t11-/m1/s1. The van der Waals surface area contributed by atoms with E-state index in [1.54, 1.807) is 0 Å². The van der Waals surface area contributed by atoms with Gasteiger partial charge in [-0.25, -0.2) is 25.9 Å². The molecule has 146 valence electrons. The Morgan fingerprint density at radius 2 is 1.81 bits per heavy atom. The first-order valence-corrected chi connectivity index (χ1v) is 10.0. The Bertz CT molecular complexity index is 765. The monoisotopic (exact) mass is 393 g/mol. The van der Waals surface area contributed by atoms with Gasteiger partial charge in [0.15, 0.2) is 11.6 Å². The Morgan fingerprint density at radius 1 is 1.23 bits per heavy atom. The van der Waals surface area contributed by atoms with Crippen molar-refractivity contribution < 1.29 is 26.4 Å². The maximum atomic E-state index is 13.6. The Morgan fingerprint density at radius 3 is 2.38 bits per heavy atom. The Balaban J connectivity index is 1.82. The number of hydrogen-bond acceptors (Lipinski definition) is 4. The Hall–Kier alpha value is -1.65. The molecule has 1 aromatic rings. The highest BCUT2D eigenvalue weighted by atomic mass is 32.2. The van der Waals surface area contributed by atoms with Crippen LogP contribution in [0, 0.1) is 17.5 Å². The number of nitrogens with two attached hydrogens (primary N) is 1. The number of carbonyl (C=O) groups excluding carboxylic acids is 1. The van der Waals surface area contributed by atoms with Crippen molar-refractivity contribution in [2.45, 2.75) is 37.8 Å². The van der Waals surface area contributed by atoms with Crippen LogP contribution in [-0.2, 0) is 21.2 Å². The zero-order valence-corrected chi connectivity index (χ0v) is 15.2. The van der Waals surface area contributed by atoms with Gasteiger partial charge in [0, 0.05) is 37.7 Å². The van der Waals surface area contributed by atoms with Gasteiger partial charge >= 0.3 is 0 Å². The van der Waals surface area contributed by atoms with Crippen molar-refractivity contribution in [1.29, 1.82) is 0 Å². The number of hydrogen-bond donors (Lipinski definition) is 2. The second-order valence-electron chi connectivity index (χ2n) is 6.53. The SMILES string of the molecule is CS(=O)(=O)N1CCC(NC(=O)C[C@H](N)Cc2cc(F)c(F)cc2F)CC1. The molecular weight excluding hydrogens is 371 g/mol. The van der Waals surface area contributed by atoms with Crippen LogP contribution in [-0.4, -0.2) is 50.1 Å². The molecule has 1 aliphatic rings. The van der Waals surface area contributed by atoms with Crippen LogP contribution in [0.5, 0.6) is 0 Å². The van der Waals surface area contributed by atoms with Crippen molar-refractivity contribution in [1.82, 2.24) is 9.62 Å². The highest BCUT2D eigenvalue weighted by Gasteiger charge is 2.26. The van der Waals surface area contributed by atoms with Crippen molar-refractivity contribution >= 4 is 15.9 Å². The van der Waals surface area contributed by atoms with Gasteiger partial charge < -0.3 is 11.1 Å². The minimum atomic E-state index is -3.23. The smallest absolute Gasteiger partial charge is 0.221 e. The van der Waals surface area contributed by atoms with Crippen LogP contribution in [0.25, 0.3) is 0 Å². The fourth-order valence-corrected chi connectivity index (χ4v) is 3.81. The highest BCUT2D eigenvalue weighted by Crippen LogP contribution is 2.16. The zero-order valence-electron chi connectivity index (χ0n) is 14.3. The van der Waals surface area contributed by atoms with Crippen LogP contribution < -0.4 is 11.1 Å². The molecule has 0 spiro atoms. The van der Waals surface area contributed by atoms with Crippen LogP contribution in [0.2, 0.25) is 0 Å². The molecule has 0 saturated carbocycles. The van der Waals surface area contributed by atoms with E-state index >= 15 is 0 Å². The van der Waals surface area contributed by atoms with Gasteiger partial charge in [0.25, 0.3) is 0 Å². The van der Waals surface area contributed by atoms with Crippen LogP contribution in [0.15, 0.2) is 12.1 Å². The van der Waals surface area contributed by atoms with Crippen LogP contribution in [0.3, 0.4) is 0 Å². The number of rotatable bonds is 6. The number of nitrogens with zero attached hydrogens (tertiary/aromatic N) is 1. The predicted octanol–water partition coefficient (Wildman–Crippen LogP) is 0.904. The second-order valence-corrected chi connectivity index (χ2v) is 8.51. The first kappa shape index (κ1) is 20.7. The van der Waals surface area contributed by atoms with Crippen LogP contribution in [0.4, 0.5) is 13.2 Å². The molecule has 1 aromatic carbocycles. The molecule has 6 nitrogen and oxygen atoms in total. The van der Waals surface area contributed by atoms with Crippen LogP contribution in [0.1, 0.15) is 24.8 Å². The van der Waals surface area contributed by atoms with E-state index in [-0.39, 0.29) is 30.4 Å². The number of benzene rings is 1. The van der Waals surface area contributed by atoms with E-state index in [0.29, 0.717) is 32.0 Å². The van der Waals surface area contributed by atoms with E-state index in [1.807, 2.05) is 0 Å². The third kappa shape index (κ3) is 5.68. The number of nitrogens with one attached hydrogen (secondary N) is 1. The van der Waals surface area contributed by atoms with Crippen molar-refractivity contribution in [3.8, 4) is 0 Å². The van der Waals surface area contributed by atoms with Gasteiger partial charge in [0.05, 0.1) is 6.26 Å². The molecule has 26 heavy (non-hydrogen) atoms. The van der Waals surface area contributed by atoms with Crippen molar-refractivity contribution in [3.05, 3.63) is 35.1 Å². The maximum absolute atomic E-state index is 13.6. The number of piperidine rings is 1. The summed E-state index contributed by atoms with van der Waals surface area (Å²) in [5.74, 6) is -3.71. The number of sulfonamides is 1. The van der Waals surface area contributed by atoms with Gasteiger partial charge in [-0.2, -0.15) is 0 Å². The highest BCUT2D eigenvalue weighted by molar-refractivity contribution is 7.88. The van der Waals surface area contributed by atoms with Crippen molar-refractivity contribution in [2.75, 3.05) is 19.3 Å². The molecule has 2 rings (SSSR count). The molecule has 0 aliphatic carbocycles. The lowest BCUT2D eigenvalue weighted by atomic mass is 10.0. The first-order valence-electron chi connectivity index (χ1n) is 8.19. The van der Waals surface area contributed by atoms with E-state index in [1.165, 1.54) is 4.31 Å². The lowest BCUT2D eigenvalue weighted by Gasteiger charge is -2.30. The normalized spacial score (nSPS) is 17.9. The molecule has 10 heteroatoms. The largest absolute Gasteiger partial charge is 0.353 e. The summed E-state index contributed by atoms with van der Waals surface area (Å²) in [4.78, 5) is 12.0. The molecular formula is C16H22F3N3O3S. The molecule has 1 fully saturated rings. The third-order valence-electron chi connectivity index (χ3n) is 4.31. The average Bonchev–Trinajstić information content (AvgIpc) is 2.52. The summed E-state index contributed by atoms with van der Waals surface area (Å²) in [5.41, 5.74) is 5.72.